The van der Waals surface area contributed by atoms with E-state index in [0.717, 1.165) is 18.4 Å². The van der Waals surface area contributed by atoms with Gasteiger partial charge < -0.3 is 15.6 Å². The van der Waals surface area contributed by atoms with Crippen LogP contribution in [-0.2, 0) is 0 Å². The molecule has 0 saturated heterocycles. The zero-order chi connectivity index (χ0) is 12.3. The maximum atomic E-state index is 10.4. The predicted octanol–water partition coefficient (Wildman–Crippen LogP) is 2.89. The minimum Gasteiger partial charge on any atom is -0.495 e. The first-order chi connectivity index (χ1) is 8.24. The Bertz CT molecular complexity index is 372. The zero-order valence-electron chi connectivity index (χ0n) is 10.4. The van der Waals surface area contributed by atoms with Crippen LogP contribution in [0.25, 0.3) is 0 Å². The molecule has 3 heteroatoms. The van der Waals surface area contributed by atoms with E-state index in [1.165, 1.54) is 19.3 Å². The number of rotatable bonds is 3. The van der Waals surface area contributed by atoms with Gasteiger partial charge in [-0.25, -0.2) is 0 Å². The molecule has 1 aliphatic carbocycles. The number of aliphatic hydroxyl groups is 1. The summed E-state index contributed by atoms with van der Waals surface area (Å²) in [5.41, 5.74) is 7.41. The van der Waals surface area contributed by atoms with E-state index in [4.69, 9.17) is 10.5 Å². The van der Waals surface area contributed by atoms with Gasteiger partial charge in [-0.3, -0.25) is 0 Å². The lowest BCUT2D eigenvalue weighted by atomic mass is 9.82. The summed E-state index contributed by atoms with van der Waals surface area (Å²) >= 11 is 0. The Kier molecular flexibility index (Phi) is 3.89. The lowest BCUT2D eigenvalue weighted by Crippen LogP contribution is -2.17. The van der Waals surface area contributed by atoms with Crippen molar-refractivity contribution in [3.05, 3.63) is 23.8 Å². The van der Waals surface area contributed by atoms with Crippen molar-refractivity contribution >= 4 is 5.69 Å². The number of aliphatic hydroxyl groups excluding tert-OH is 1. The van der Waals surface area contributed by atoms with E-state index in [2.05, 4.69) is 0 Å². The summed E-state index contributed by atoms with van der Waals surface area (Å²) in [6.07, 6.45) is 5.45. The molecule has 94 valence electrons. The Morgan fingerprint density at radius 2 is 2.00 bits per heavy atom. The number of hydrogen-bond donors (Lipinski definition) is 2. The van der Waals surface area contributed by atoms with Crippen LogP contribution in [0.5, 0.6) is 5.75 Å². The van der Waals surface area contributed by atoms with Crippen molar-refractivity contribution in [1.82, 2.24) is 0 Å². The van der Waals surface area contributed by atoms with Gasteiger partial charge in [-0.05, 0) is 24.8 Å². The zero-order valence-corrected chi connectivity index (χ0v) is 10.4. The van der Waals surface area contributed by atoms with Gasteiger partial charge in [0, 0.05) is 5.56 Å². The summed E-state index contributed by atoms with van der Waals surface area (Å²) in [5, 5.41) is 10.4. The molecule has 1 aromatic carbocycles. The Morgan fingerprint density at radius 3 is 2.65 bits per heavy atom. The highest BCUT2D eigenvalue weighted by Crippen LogP contribution is 2.38. The standard InChI is InChI=1S/C14H21NO2/c1-17-12-9-5-8-11(13(12)15)14(16)10-6-3-2-4-7-10/h5,8-10,14,16H,2-4,6-7,15H2,1H3. The van der Waals surface area contributed by atoms with E-state index in [9.17, 15) is 5.11 Å². The maximum Gasteiger partial charge on any atom is 0.142 e. The summed E-state index contributed by atoms with van der Waals surface area (Å²) in [6.45, 7) is 0. The molecule has 0 radical (unpaired) electrons. The van der Waals surface area contributed by atoms with Crippen LogP contribution in [0.4, 0.5) is 5.69 Å². The molecule has 1 unspecified atom stereocenters. The van der Waals surface area contributed by atoms with Gasteiger partial charge in [0.2, 0.25) is 0 Å². The van der Waals surface area contributed by atoms with Crippen molar-refractivity contribution in [3.8, 4) is 5.75 Å². The van der Waals surface area contributed by atoms with Crippen molar-refractivity contribution in [2.45, 2.75) is 38.2 Å². The van der Waals surface area contributed by atoms with Crippen molar-refractivity contribution in [3.63, 3.8) is 0 Å². The molecule has 3 nitrogen and oxygen atoms in total. The molecule has 2 rings (SSSR count). The second kappa shape index (κ2) is 5.41. The predicted molar refractivity (Wildman–Crippen MR) is 68.9 cm³/mol. The quantitative estimate of drug-likeness (QED) is 0.792. The Hall–Kier alpha value is -1.22. The van der Waals surface area contributed by atoms with Crippen LogP contribution in [0.1, 0.15) is 43.8 Å². The summed E-state index contributed by atoms with van der Waals surface area (Å²) in [4.78, 5) is 0. The van der Waals surface area contributed by atoms with Gasteiger partial charge in [0.1, 0.15) is 5.75 Å². The van der Waals surface area contributed by atoms with Crippen LogP contribution in [0.2, 0.25) is 0 Å². The first-order valence-electron chi connectivity index (χ1n) is 6.34. The largest absolute Gasteiger partial charge is 0.495 e. The molecule has 0 bridgehead atoms. The third kappa shape index (κ3) is 2.55. The second-order valence-corrected chi connectivity index (χ2v) is 4.81. The molecular formula is C14H21NO2. The van der Waals surface area contributed by atoms with E-state index in [-0.39, 0.29) is 0 Å². The highest BCUT2D eigenvalue weighted by Gasteiger charge is 2.25. The van der Waals surface area contributed by atoms with Crippen molar-refractivity contribution < 1.29 is 9.84 Å². The molecule has 0 aromatic heterocycles. The van der Waals surface area contributed by atoms with Gasteiger partial charge in [0.05, 0.1) is 18.9 Å². The lowest BCUT2D eigenvalue weighted by molar-refractivity contribution is 0.0853. The summed E-state index contributed by atoms with van der Waals surface area (Å²) < 4.78 is 5.19. The number of anilines is 1. The molecule has 17 heavy (non-hydrogen) atoms. The minimum absolute atomic E-state index is 0.346. The van der Waals surface area contributed by atoms with Gasteiger partial charge >= 0.3 is 0 Å². The van der Waals surface area contributed by atoms with Crippen LogP contribution in [-0.4, -0.2) is 12.2 Å². The maximum absolute atomic E-state index is 10.4. The molecule has 1 fully saturated rings. The highest BCUT2D eigenvalue weighted by molar-refractivity contribution is 5.59. The van der Waals surface area contributed by atoms with E-state index in [1.807, 2.05) is 18.2 Å². The molecule has 1 saturated carbocycles. The van der Waals surface area contributed by atoms with E-state index in [0.29, 0.717) is 17.4 Å². The Labute approximate surface area is 103 Å². The molecule has 1 aliphatic rings. The van der Waals surface area contributed by atoms with Gasteiger partial charge in [-0.2, -0.15) is 0 Å². The Balaban J connectivity index is 2.20. The Morgan fingerprint density at radius 1 is 1.29 bits per heavy atom. The first-order valence-corrected chi connectivity index (χ1v) is 6.34. The number of hydrogen-bond acceptors (Lipinski definition) is 3. The summed E-state index contributed by atoms with van der Waals surface area (Å²) in [7, 11) is 1.60. The summed E-state index contributed by atoms with van der Waals surface area (Å²) in [6, 6.07) is 5.61. The molecular weight excluding hydrogens is 214 g/mol. The molecule has 0 spiro atoms. The van der Waals surface area contributed by atoms with Crippen LogP contribution in [0.15, 0.2) is 18.2 Å². The normalized spacial score (nSPS) is 18.9. The SMILES string of the molecule is COc1cccc(C(O)C2CCCCC2)c1N. The van der Waals surface area contributed by atoms with Crippen molar-refractivity contribution in [1.29, 1.82) is 0 Å². The van der Waals surface area contributed by atoms with Gasteiger partial charge in [0.25, 0.3) is 0 Å². The summed E-state index contributed by atoms with van der Waals surface area (Å²) in [5.74, 6) is 0.996. The van der Waals surface area contributed by atoms with Crippen LogP contribution in [0.3, 0.4) is 0 Å². The number of ether oxygens (including phenoxy) is 1. The number of nitrogen functional groups attached to an aromatic ring is 1. The van der Waals surface area contributed by atoms with Crippen molar-refractivity contribution in [2.75, 3.05) is 12.8 Å². The number of benzene rings is 1. The van der Waals surface area contributed by atoms with Crippen molar-refractivity contribution in [2.24, 2.45) is 5.92 Å². The smallest absolute Gasteiger partial charge is 0.142 e. The number of nitrogens with two attached hydrogens (primary N) is 1. The number of para-hydroxylation sites is 1. The molecule has 1 atom stereocenters. The van der Waals surface area contributed by atoms with E-state index in [1.54, 1.807) is 7.11 Å². The molecule has 0 amide bonds. The fourth-order valence-electron chi connectivity index (χ4n) is 2.70. The van der Waals surface area contributed by atoms with Gasteiger partial charge in [-0.15, -0.1) is 0 Å². The lowest BCUT2D eigenvalue weighted by Gasteiger charge is -2.27. The van der Waals surface area contributed by atoms with Crippen LogP contribution in [0, 0.1) is 5.92 Å². The molecule has 0 aliphatic heterocycles. The van der Waals surface area contributed by atoms with Crippen LogP contribution >= 0.6 is 0 Å². The highest BCUT2D eigenvalue weighted by atomic mass is 16.5. The topological polar surface area (TPSA) is 55.5 Å². The second-order valence-electron chi connectivity index (χ2n) is 4.81. The third-order valence-electron chi connectivity index (χ3n) is 3.73. The average Bonchev–Trinajstić information content (AvgIpc) is 2.39. The monoisotopic (exact) mass is 235 g/mol. The molecule has 0 heterocycles. The fourth-order valence-corrected chi connectivity index (χ4v) is 2.70. The molecule has 3 N–H and O–H groups in total. The number of methoxy groups -OCH3 is 1. The minimum atomic E-state index is -0.453. The average molecular weight is 235 g/mol. The van der Waals surface area contributed by atoms with E-state index < -0.39 is 6.10 Å². The van der Waals surface area contributed by atoms with Gasteiger partial charge in [0.15, 0.2) is 0 Å². The fraction of sp³-hybridized carbons (Fsp3) is 0.571. The van der Waals surface area contributed by atoms with E-state index >= 15 is 0 Å². The van der Waals surface area contributed by atoms with Crippen LogP contribution < -0.4 is 10.5 Å². The first kappa shape index (κ1) is 12.2. The van der Waals surface area contributed by atoms with Gasteiger partial charge in [-0.1, -0.05) is 31.4 Å². The third-order valence-corrected chi connectivity index (χ3v) is 3.73. The molecule has 1 aromatic rings.